The number of aliphatic hydroxyl groups is 1. The number of pyridine rings is 1. The van der Waals surface area contributed by atoms with E-state index in [0.717, 1.165) is 24.0 Å². The number of carboxylic acid groups (broad SMARTS) is 1. The molecule has 0 radical (unpaired) electrons. The van der Waals surface area contributed by atoms with Gasteiger partial charge in [0.25, 0.3) is 0 Å². The zero-order valence-electron chi connectivity index (χ0n) is 14.2. The largest absolute Gasteiger partial charge is 0.481 e. The van der Waals surface area contributed by atoms with Crippen molar-refractivity contribution in [2.24, 2.45) is 5.92 Å². The van der Waals surface area contributed by atoms with E-state index in [2.05, 4.69) is 4.98 Å². The first kappa shape index (κ1) is 17.4. The van der Waals surface area contributed by atoms with Crippen molar-refractivity contribution in [3.63, 3.8) is 0 Å². The van der Waals surface area contributed by atoms with Crippen LogP contribution in [0, 0.1) is 11.7 Å². The normalized spacial score (nSPS) is 17.7. The van der Waals surface area contributed by atoms with E-state index in [0.29, 0.717) is 30.7 Å². The molecule has 0 bridgehead atoms. The molecule has 2 aromatic rings. The van der Waals surface area contributed by atoms with Gasteiger partial charge in [0, 0.05) is 37.5 Å². The smallest absolute Gasteiger partial charge is 0.308 e. The molecule has 1 fully saturated rings. The van der Waals surface area contributed by atoms with Crippen LogP contribution < -0.4 is 9.80 Å². The van der Waals surface area contributed by atoms with Crippen LogP contribution in [-0.4, -0.2) is 54.5 Å². The molecular weight excluding hydrogens is 325 g/mol. The van der Waals surface area contributed by atoms with Crippen molar-refractivity contribution >= 4 is 28.2 Å². The van der Waals surface area contributed by atoms with Crippen molar-refractivity contribution in [1.29, 1.82) is 0 Å². The first-order chi connectivity index (χ1) is 12.0. The van der Waals surface area contributed by atoms with Crippen LogP contribution in [0.15, 0.2) is 24.4 Å². The number of hydrogen-bond acceptors (Lipinski definition) is 5. The van der Waals surface area contributed by atoms with Crippen LogP contribution in [0.1, 0.15) is 12.8 Å². The average Bonchev–Trinajstić information content (AvgIpc) is 2.60. The third-order valence-corrected chi connectivity index (χ3v) is 4.72. The molecule has 25 heavy (non-hydrogen) atoms. The quantitative estimate of drug-likeness (QED) is 0.863. The maximum absolute atomic E-state index is 13.8. The summed E-state index contributed by atoms with van der Waals surface area (Å²) in [5, 5.41) is 20.0. The minimum absolute atomic E-state index is 0.0246. The van der Waals surface area contributed by atoms with Crippen LogP contribution >= 0.6 is 0 Å². The zero-order chi connectivity index (χ0) is 18.0. The predicted molar refractivity (Wildman–Crippen MR) is 94.6 cm³/mol. The second-order valence-corrected chi connectivity index (χ2v) is 6.43. The predicted octanol–water partition coefficient (Wildman–Crippen LogP) is 2.10. The Labute approximate surface area is 145 Å². The van der Waals surface area contributed by atoms with E-state index in [4.69, 9.17) is 5.11 Å². The Bertz CT molecular complexity index is 783. The lowest BCUT2D eigenvalue weighted by Gasteiger charge is -2.33. The zero-order valence-corrected chi connectivity index (χ0v) is 14.2. The molecule has 1 aliphatic rings. The summed E-state index contributed by atoms with van der Waals surface area (Å²) in [6.45, 7) is 1.55. The number of aliphatic carboxylic acids is 1. The Morgan fingerprint density at radius 1 is 1.44 bits per heavy atom. The Balaban J connectivity index is 2.05. The van der Waals surface area contributed by atoms with Crippen molar-refractivity contribution in [2.45, 2.75) is 12.8 Å². The lowest BCUT2D eigenvalue weighted by molar-refractivity contribution is -0.141. The van der Waals surface area contributed by atoms with Gasteiger partial charge in [0.15, 0.2) is 0 Å². The molecule has 1 saturated heterocycles. The number of aliphatic hydroxyl groups excluding tert-OH is 1. The van der Waals surface area contributed by atoms with Gasteiger partial charge < -0.3 is 20.0 Å². The van der Waals surface area contributed by atoms with Gasteiger partial charge in [-0.1, -0.05) is 0 Å². The molecular formula is C18H22FN3O3. The van der Waals surface area contributed by atoms with Gasteiger partial charge in [0.1, 0.15) is 11.6 Å². The molecule has 1 unspecified atom stereocenters. The van der Waals surface area contributed by atoms with Crippen LogP contribution in [0.2, 0.25) is 0 Å². The first-order valence-corrected chi connectivity index (χ1v) is 8.39. The highest BCUT2D eigenvalue weighted by molar-refractivity contribution is 6.00. The molecule has 134 valence electrons. The molecule has 0 saturated carbocycles. The van der Waals surface area contributed by atoms with E-state index in [1.54, 1.807) is 24.2 Å². The fourth-order valence-electron chi connectivity index (χ4n) is 3.40. The molecule has 6 nitrogen and oxygen atoms in total. The average molecular weight is 347 g/mol. The summed E-state index contributed by atoms with van der Waals surface area (Å²) in [6, 6.07) is 4.55. The monoisotopic (exact) mass is 347 g/mol. The number of fused-ring (bicyclic) bond motifs is 1. The van der Waals surface area contributed by atoms with Crippen LogP contribution in [0.3, 0.4) is 0 Å². The minimum atomic E-state index is -0.785. The van der Waals surface area contributed by atoms with Gasteiger partial charge in [-0.2, -0.15) is 0 Å². The summed E-state index contributed by atoms with van der Waals surface area (Å²) >= 11 is 0. The second kappa shape index (κ2) is 7.23. The summed E-state index contributed by atoms with van der Waals surface area (Å²) < 4.78 is 13.8. The summed E-state index contributed by atoms with van der Waals surface area (Å²) in [6.07, 6.45) is 3.18. The standard InChI is InChI=1S/C18H22FN3O3/c1-21(7-8-23)17-15-9-13(19)4-5-14(15)16(10-20-17)22-6-2-3-12(11-22)18(24)25/h4-5,9-10,12,23H,2-3,6-8,11H2,1H3,(H,24,25). The number of anilines is 2. The Kier molecular flexibility index (Phi) is 5.03. The minimum Gasteiger partial charge on any atom is -0.481 e. The molecule has 0 aliphatic carbocycles. The van der Waals surface area contributed by atoms with E-state index in [-0.39, 0.29) is 12.4 Å². The first-order valence-electron chi connectivity index (χ1n) is 8.39. The molecule has 0 spiro atoms. The number of aromatic nitrogens is 1. The van der Waals surface area contributed by atoms with Crippen molar-refractivity contribution in [3.05, 3.63) is 30.2 Å². The molecule has 7 heteroatoms. The van der Waals surface area contributed by atoms with Gasteiger partial charge in [-0.05, 0) is 31.0 Å². The summed E-state index contributed by atoms with van der Waals surface area (Å²) in [5.41, 5.74) is 0.821. The van der Waals surface area contributed by atoms with Gasteiger partial charge in [-0.25, -0.2) is 9.37 Å². The number of hydrogen-bond donors (Lipinski definition) is 2. The van der Waals surface area contributed by atoms with Gasteiger partial charge in [-0.3, -0.25) is 4.79 Å². The van der Waals surface area contributed by atoms with Gasteiger partial charge in [0.2, 0.25) is 0 Å². The van der Waals surface area contributed by atoms with E-state index in [9.17, 15) is 14.3 Å². The fraction of sp³-hybridized carbons (Fsp3) is 0.444. The number of rotatable bonds is 5. The van der Waals surface area contributed by atoms with Crippen molar-refractivity contribution in [2.75, 3.05) is 43.1 Å². The number of likely N-dealkylation sites (N-methyl/N-ethyl adjacent to an activating group) is 1. The Morgan fingerprint density at radius 3 is 2.96 bits per heavy atom. The van der Waals surface area contributed by atoms with E-state index >= 15 is 0 Å². The highest BCUT2D eigenvalue weighted by Gasteiger charge is 2.27. The van der Waals surface area contributed by atoms with Crippen LogP contribution in [0.5, 0.6) is 0 Å². The van der Waals surface area contributed by atoms with E-state index < -0.39 is 11.9 Å². The lowest BCUT2D eigenvalue weighted by Crippen LogP contribution is -2.39. The number of halogens is 1. The molecule has 2 heterocycles. The van der Waals surface area contributed by atoms with Crippen molar-refractivity contribution in [3.8, 4) is 0 Å². The van der Waals surface area contributed by atoms with Gasteiger partial charge in [-0.15, -0.1) is 0 Å². The number of carbonyl (C=O) groups is 1. The third-order valence-electron chi connectivity index (χ3n) is 4.72. The van der Waals surface area contributed by atoms with Crippen molar-refractivity contribution in [1.82, 2.24) is 4.98 Å². The molecule has 1 atom stereocenters. The van der Waals surface area contributed by atoms with Crippen LogP contribution in [0.4, 0.5) is 15.9 Å². The number of nitrogens with zero attached hydrogens (tertiary/aromatic N) is 3. The maximum atomic E-state index is 13.8. The molecule has 0 amide bonds. The third kappa shape index (κ3) is 3.51. The van der Waals surface area contributed by atoms with E-state index in [1.807, 2.05) is 4.90 Å². The number of carboxylic acids is 1. The maximum Gasteiger partial charge on any atom is 0.308 e. The topological polar surface area (TPSA) is 76.9 Å². The second-order valence-electron chi connectivity index (χ2n) is 6.43. The summed E-state index contributed by atoms with van der Waals surface area (Å²) in [4.78, 5) is 19.6. The Hall–Kier alpha value is -2.41. The SMILES string of the molecule is CN(CCO)c1ncc(N2CCCC(C(=O)O)C2)c2ccc(F)cc12. The molecule has 3 rings (SSSR count). The summed E-state index contributed by atoms with van der Waals surface area (Å²) in [5.74, 6) is -0.945. The number of benzene rings is 1. The van der Waals surface area contributed by atoms with Gasteiger partial charge in [0.05, 0.1) is 24.4 Å². The molecule has 1 aromatic carbocycles. The lowest BCUT2D eigenvalue weighted by atomic mass is 9.97. The van der Waals surface area contributed by atoms with Crippen LogP contribution in [0.25, 0.3) is 10.8 Å². The number of piperidine rings is 1. The summed E-state index contributed by atoms with van der Waals surface area (Å²) in [7, 11) is 1.80. The highest BCUT2D eigenvalue weighted by Crippen LogP contribution is 2.34. The van der Waals surface area contributed by atoms with E-state index in [1.165, 1.54) is 12.1 Å². The van der Waals surface area contributed by atoms with Crippen LogP contribution in [-0.2, 0) is 4.79 Å². The highest BCUT2D eigenvalue weighted by atomic mass is 19.1. The molecule has 2 N–H and O–H groups in total. The Morgan fingerprint density at radius 2 is 2.24 bits per heavy atom. The molecule has 1 aliphatic heterocycles. The van der Waals surface area contributed by atoms with Gasteiger partial charge >= 0.3 is 5.97 Å². The fourth-order valence-corrected chi connectivity index (χ4v) is 3.40. The molecule has 1 aromatic heterocycles. The van der Waals surface area contributed by atoms with Crippen molar-refractivity contribution < 1.29 is 19.4 Å².